The largest absolute Gasteiger partial charge is 0.493 e. The van der Waals surface area contributed by atoms with Gasteiger partial charge in [-0.3, -0.25) is 4.79 Å². The lowest BCUT2D eigenvalue weighted by molar-refractivity contribution is -0.115. The van der Waals surface area contributed by atoms with Crippen molar-refractivity contribution in [3.8, 4) is 22.9 Å². The van der Waals surface area contributed by atoms with Crippen LogP contribution in [0.15, 0.2) is 70.1 Å². The Morgan fingerprint density at radius 1 is 1.20 bits per heavy atom. The van der Waals surface area contributed by atoms with Crippen LogP contribution in [0.25, 0.3) is 34.2 Å². The third kappa shape index (κ3) is 3.30. The molecular formula is C22H15N3O3S2. The van der Waals surface area contributed by atoms with Gasteiger partial charge in [0.2, 0.25) is 0 Å². The van der Waals surface area contributed by atoms with Crippen LogP contribution >= 0.6 is 24.0 Å². The van der Waals surface area contributed by atoms with Gasteiger partial charge in [-0.05, 0) is 30.3 Å². The first-order chi connectivity index (χ1) is 14.6. The van der Waals surface area contributed by atoms with E-state index in [1.807, 2.05) is 60.8 Å². The Bertz CT molecular complexity index is 1320. The number of rotatable bonds is 4. The highest BCUT2D eigenvalue weighted by atomic mass is 32.2. The van der Waals surface area contributed by atoms with Gasteiger partial charge in [0.05, 0.1) is 17.7 Å². The minimum absolute atomic E-state index is 0.213. The number of carbonyl (C=O) groups excluding carboxylic acids is 1. The molecule has 0 saturated carbocycles. The zero-order valence-corrected chi connectivity index (χ0v) is 17.4. The summed E-state index contributed by atoms with van der Waals surface area (Å²) in [4.78, 5) is 12.7. The molecule has 1 amide bonds. The number of furan rings is 1. The molecule has 6 nitrogen and oxygen atoms in total. The number of nitrogens with zero attached hydrogens (tertiary/aromatic N) is 2. The summed E-state index contributed by atoms with van der Waals surface area (Å²) in [6.45, 7) is 0. The van der Waals surface area contributed by atoms with Crippen LogP contribution in [-0.2, 0) is 4.79 Å². The molecule has 2 aromatic heterocycles. The van der Waals surface area contributed by atoms with Gasteiger partial charge >= 0.3 is 0 Å². The van der Waals surface area contributed by atoms with Gasteiger partial charge in [0.25, 0.3) is 5.91 Å². The summed E-state index contributed by atoms with van der Waals surface area (Å²) >= 11 is 6.34. The molecule has 2 aromatic carbocycles. The highest BCUT2D eigenvalue weighted by Crippen LogP contribution is 2.36. The molecule has 30 heavy (non-hydrogen) atoms. The maximum absolute atomic E-state index is 12.2. The first-order valence-corrected chi connectivity index (χ1v) is 10.3. The van der Waals surface area contributed by atoms with E-state index in [0.717, 1.165) is 16.6 Å². The fourth-order valence-corrected chi connectivity index (χ4v) is 4.31. The van der Waals surface area contributed by atoms with E-state index in [0.29, 0.717) is 32.0 Å². The quantitative estimate of drug-likeness (QED) is 0.369. The molecule has 8 heteroatoms. The number of amides is 1. The summed E-state index contributed by atoms with van der Waals surface area (Å²) < 4.78 is 13.7. The van der Waals surface area contributed by atoms with Crippen LogP contribution in [0.4, 0.5) is 0 Å². The van der Waals surface area contributed by atoms with E-state index in [4.69, 9.17) is 26.5 Å². The van der Waals surface area contributed by atoms with Crippen LogP contribution < -0.4 is 10.1 Å². The van der Waals surface area contributed by atoms with Crippen LogP contribution in [0.3, 0.4) is 0 Å². The number of fused-ring (bicyclic) bond motifs is 1. The molecule has 0 atom stereocenters. The second-order valence-electron chi connectivity index (χ2n) is 6.55. The molecule has 0 aliphatic carbocycles. The van der Waals surface area contributed by atoms with Gasteiger partial charge in [0.1, 0.15) is 10.0 Å². The van der Waals surface area contributed by atoms with E-state index in [1.54, 1.807) is 17.9 Å². The van der Waals surface area contributed by atoms with Crippen molar-refractivity contribution < 1.29 is 13.9 Å². The number of carbonyl (C=O) groups is 1. The average molecular weight is 434 g/mol. The van der Waals surface area contributed by atoms with E-state index in [-0.39, 0.29) is 5.91 Å². The molecule has 0 unspecified atom stereocenters. The maximum atomic E-state index is 12.2. The number of aromatic nitrogens is 2. The molecule has 1 N–H and O–H groups in total. The molecule has 0 radical (unpaired) electrons. The van der Waals surface area contributed by atoms with Gasteiger partial charge in [0.15, 0.2) is 17.1 Å². The molecule has 0 spiro atoms. The highest BCUT2D eigenvalue weighted by Gasteiger charge is 2.24. The summed E-state index contributed by atoms with van der Waals surface area (Å²) in [5, 5.41) is 8.30. The van der Waals surface area contributed by atoms with Gasteiger partial charge in [-0.25, -0.2) is 4.68 Å². The van der Waals surface area contributed by atoms with Crippen molar-refractivity contribution in [2.45, 2.75) is 0 Å². The topological polar surface area (TPSA) is 69.3 Å². The molecule has 1 aliphatic heterocycles. The lowest BCUT2D eigenvalue weighted by Crippen LogP contribution is -2.17. The molecule has 0 bridgehead atoms. The van der Waals surface area contributed by atoms with Crippen molar-refractivity contribution in [2.24, 2.45) is 0 Å². The van der Waals surface area contributed by atoms with Crippen LogP contribution in [0.1, 0.15) is 5.56 Å². The van der Waals surface area contributed by atoms with Crippen molar-refractivity contribution in [3.05, 3.63) is 71.3 Å². The van der Waals surface area contributed by atoms with Gasteiger partial charge in [-0.2, -0.15) is 5.10 Å². The smallest absolute Gasteiger partial charge is 0.263 e. The Morgan fingerprint density at radius 2 is 2.03 bits per heavy atom. The Labute approximate surface area is 181 Å². The zero-order valence-electron chi connectivity index (χ0n) is 15.8. The minimum Gasteiger partial charge on any atom is -0.493 e. The number of hydrogen-bond acceptors (Lipinski definition) is 6. The predicted octanol–water partition coefficient (Wildman–Crippen LogP) is 4.78. The molecular weight excluding hydrogens is 418 g/mol. The van der Waals surface area contributed by atoms with E-state index in [9.17, 15) is 4.79 Å². The molecule has 4 aromatic rings. The van der Waals surface area contributed by atoms with E-state index in [2.05, 4.69) is 5.32 Å². The fraction of sp³-hybridized carbons (Fsp3) is 0.0455. The third-order valence-corrected chi connectivity index (χ3v) is 5.82. The number of ether oxygens (including phenoxy) is 1. The molecule has 1 aliphatic rings. The molecule has 1 saturated heterocycles. The van der Waals surface area contributed by atoms with E-state index in [1.165, 1.54) is 11.8 Å². The first-order valence-electron chi connectivity index (χ1n) is 9.09. The lowest BCUT2D eigenvalue weighted by Gasteiger charge is -1.99. The SMILES string of the molecule is COc1cccc2cc(-c3nn(-c4ccccc4)cc3C=C3SC(=S)NC3=O)oc12. The Kier molecular flexibility index (Phi) is 4.65. The van der Waals surface area contributed by atoms with Crippen LogP contribution in [0, 0.1) is 0 Å². The Hall–Kier alpha value is -3.36. The van der Waals surface area contributed by atoms with Crippen LogP contribution in [0.5, 0.6) is 5.75 Å². The summed E-state index contributed by atoms with van der Waals surface area (Å²) in [5.41, 5.74) is 2.92. The van der Waals surface area contributed by atoms with Crippen molar-refractivity contribution >= 4 is 51.3 Å². The summed E-state index contributed by atoms with van der Waals surface area (Å²) in [6.07, 6.45) is 3.66. The summed E-state index contributed by atoms with van der Waals surface area (Å²) in [7, 11) is 1.61. The second kappa shape index (κ2) is 7.47. The monoisotopic (exact) mass is 433 g/mol. The first kappa shape index (κ1) is 18.7. The Balaban J connectivity index is 1.68. The maximum Gasteiger partial charge on any atom is 0.263 e. The normalized spacial score (nSPS) is 15.2. The second-order valence-corrected chi connectivity index (χ2v) is 8.27. The fourth-order valence-electron chi connectivity index (χ4n) is 3.27. The highest BCUT2D eigenvalue weighted by molar-refractivity contribution is 8.26. The van der Waals surface area contributed by atoms with Crippen molar-refractivity contribution in [2.75, 3.05) is 7.11 Å². The van der Waals surface area contributed by atoms with Gasteiger partial charge in [-0.15, -0.1) is 0 Å². The summed E-state index contributed by atoms with van der Waals surface area (Å²) in [5.74, 6) is 1.02. The number of benzene rings is 2. The van der Waals surface area contributed by atoms with Crippen LogP contribution in [0.2, 0.25) is 0 Å². The minimum atomic E-state index is -0.213. The number of hydrogen-bond donors (Lipinski definition) is 1. The van der Waals surface area contributed by atoms with Gasteiger partial charge in [-0.1, -0.05) is 54.3 Å². The molecule has 148 valence electrons. The standard InChI is InChI=1S/C22H15N3O3S2/c1-27-16-9-5-6-13-10-17(28-20(13)16)19-14(11-18-21(26)23-22(29)30-18)12-25(24-19)15-7-3-2-4-8-15/h2-12H,1H3,(H,23,26,29). The van der Waals surface area contributed by atoms with E-state index < -0.39 is 0 Å². The molecule has 1 fully saturated rings. The average Bonchev–Trinajstić information content (AvgIpc) is 3.45. The van der Waals surface area contributed by atoms with Crippen LogP contribution in [-0.4, -0.2) is 27.1 Å². The number of thioether (sulfide) groups is 1. The summed E-state index contributed by atoms with van der Waals surface area (Å²) in [6, 6.07) is 17.4. The van der Waals surface area contributed by atoms with Crippen molar-refractivity contribution in [1.29, 1.82) is 0 Å². The number of para-hydroxylation sites is 2. The number of methoxy groups -OCH3 is 1. The number of nitrogens with one attached hydrogen (secondary N) is 1. The molecule has 5 rings (SSSR count). The third-order valence-electron chi connectivity index (χ3n) is 4.65. The predicted molar refractivity (Wildman–Crippen MR) is 122 cm³/mol. The van der Waals surface area contributed by atoms with Crippen molar-refractivity contribution in [1.82, 2.24) is 15.1 Å². The Morgan fingerprint density at radius 3 is 2.77 bits per heavy atom. The molecule has 3 heterocycles. The van der Waals surface area contributed by atoms with Gasteiger partial charge < -0.3 is 14.5 Å². The number of thiocarbonyl (C=S) groups is 1. The van der Waals surface area contributed by atoms with Gasteiger partial charge in [0, 0.05) is 17.1 Å². The van der Waals surface area contributed by atoms with E-state index >= 15 is 0 Å². The zero-order chi connectivity index (χ0) is 20.7. The van der Waals surface area contributed by atoms with Crippen molar-refractivity contribution in [3.63, 3.8) is 0 Å². The lowest BCUT2D eigenvalue weighted by atomic mass is 10.1.